The Morgan fingerprint density at radius 1 is 1.07 bits per heavy atom. The first-order chi connectivity index (χ1) is 14.5. The van der Waals surface area contributed by atoms with E-state index in [1.807, 2.05) is 44.2 Å². The molecule has 5 nitrogen and oxygen atoms in total. The van der Waals surface area contributed by atoms with E-state index in [1.54, 1.807) is 0 Å². The molecule has 160 valence electrons. The Kier molecular flexibility index (Phi) is 6.40. The second kappa shape index (κ2) is 9.19. The standard InChI is InChI=1S/C25H33N3O2/c1-18(2)30-22-11-8-20(9-12-22)25(29)26-21-10-7-19-5-4-6-24(23(19)17-21)28-15-13-27(3)14-16-28/h7-12,17-18,24H,4-6,13-16H2,1-3H3,(H,26,29). The molecule has 0 saturated carbocycles. The highest BCUT2D eigenvalue weighted by Crippen LogP contribution is 2.36. The monoisotopic (exact) mass is 407 g/mol. The number of piperazine rings is 1. The number of anilines is 1. The topological polar surface area (TPSA) is 44.8 Å². The van der Waals surface area contributed by atoms with Crippen LogP contribution in [0.15, 0.2) is 42.5 Å². The lowest BCUT2D eigenvalue weighted by molar-refractivity contribution is 0.102. The zero-order valence-electron chi connectivity index (χ0n) is 18.4. The Labute approximate surface area is 180 Å². The molecule has 2 aliphatic rings. The summed E-state index contributed by atoms with van der Waals surface area (Å²) in [6.45, 7) is 8.46. The van der Waals surface area contributed by atoms with Gasteiger partial charge >= 0.3 is 0 Å². The largest absolute Gasteiger partial charge is 0.491 e. The number of likely N-dealkylation sites (N-methyl/N-ethyl adjacent to an activating group) is 1. The number of benzene rings is 2. The molecule has 5 heteroatoms. The van der Waals surface area contributed by atoms with Crippen molar-refractivity contribution < 1.29 is 9.53 Å². The van der Waals surface area contributed by atoms with Gasteiger partial charge in [-0.3, -0.25) is 9.69 Å². The maximum Gasteiger partial charge on any atom is 0.255 e. The first-order valence-corrected chi connectivity index (χ1v) is 11.1. The average molecular weight is 408 g/mol. The van der Waals surface area contributed by atoms with E-state index in [0.29, 0.717) is 11.6 Å². The molecule has 30 heavy (non-hydrogen) atoms. The molecule has 1 heterocycles. The van der Waals surface area contributed by atoms with Gasteiger partial charge < -0.3 is 15.0 Å². The molecular weight excluding hydrogens is 374 g/mol. The lowest BCUT2D eigenvalue weighted by Crippen LogP contribution is -2.46. The summed E-state index contributed by atoms with van der Waals surface area (Å²) in [4.78, 5) is 17.8. The number of nitrogens with zero attached hydrogens (tertiary/aromatic N) is 2. The van der Waals surface area contributed by atoms with Gasteiger partial charge in [0.15, 0.2) is 0 Å². The van der Waals surface area contributed by atoms with Crippen LogP contribution in [0.3, 0.4) is 0 Å². The van der Waals surface area contributed by atoms with Gasteiger partial charge in [0.2, 0.25) is 0 Å². The Morgan fingerprint density at radius 2 is 1.80 bits per heavy atom. The van der Waals surface area contributed by atoms with Crippen LogP contribution in [-0.4, -0.2) is 55.0 Å². The third kappa shape index (κ3) is 4.85. The van der Waals surface area contributed by atoms with Crippen LogP contribution in [0.25, 0.3) is 0 Å². The van der Waals surface area contributed by atoms with Crippen molar-refractivity contribution in [1.29, 1.82) is 0 Å². The van der Waals surface area contributed by atoms with Crippen molar-refractivity contribution in [3.8, 4) is 5.75 Å². The van der Waals surface area contributed by atoms with Crippen LogP contribution in [0.1, 0.15) is 54.2 Å². The van der Waals surface area contributed by atoms with Gasteiger partial charge in [0.1, 0.15) is 5.75 Å². The molecule has 0 bridgehead atoms. The molecule has 1 aliphatic carbocycles. The molecule has 2 aromatic rings. The third-order valence-electron chi connectivity index (χ3n) is 6.15. The molecule has 4 rings (SSSR count). The molecule has 0 aromatic heterocycles. The molecule has 1 aliphatic heterocycles. The molecule has 2 aromatic carbocycles. The molecule has 1 N–H and O–H groups in total. The number of carbonyl (C=O) groups excluding carboxylic acids is 1. The molecule has 1 fully saturated rings. The SMILES string of the molecule is CC(C)Oc1ccc(C(=O)Nc2ccc3c(c2)C(N2CCN(C)CC2)CCC3)cc1. The van der Waals surface area contributed by atoms with Crippen LogP contribution in [-0.2, 0) is 6.42 Å². The fourth-order valence-corrected chi connectivity index (χ4v) is 4.53. The van der Waals surface area contributed by atoms with Gasteiger partial charge in [-0.25, -0.2) is 0 Å². The summed E-state index contributed by atoms with van der Waals surface area (Å²) in [5.41, 5.74) is 4.34. The van der Waals surface area contributed by atoms with Crippen molar-refractivity contribution in [2.24, 2.45) is 0 Å². The van der Waals surface area contributed by atoms with Gasteiger partial charge in [0, 0.05) is 43.5 Å². The van der Waals surface area contributed by atoms with Gasteiger partial charge in [0.05, 0.1) is 6.10 Å². The van der Waals surface area contributed by atoms with Gasteiger partial charge in [0.25, 0.3) is 5.91 Å². The molecule has 1 unspecified atom stereocenters. The molecular formula is C25H33N3O2. The second-order valence-corrected chi connectivity index (χ2v) is 8.81. The van der Waals surface area contributed by atoms with Gasteiger partial charge in [-0.2, -0.15) is 0 Å². The fourth-order valence-electron chi connectivity index (χ4n) is 4.53. The summed E-state index contributed by atoms with van der Waals surface area (Å²) in [5, 5.41) is 3.09. The average Bonchev–Trinajstić information content (AvgIpc) is 2.74. The van der Waals surface area contributed by atoms with Crippen LogP contribution in [0.5, 0.6) is 5.75 Å². The van der Waals surface area contributed by atoms with Gasteiger partial charge in [-0.15, -0.1) is 0 Å². The van der Waals surface area contributed by atoms with E-state index in [4.69, 9.17) is 4.74 Å². The van der Waals surface area contributed by atoms with Crippen molar-refractivity contribution in [2.45, 2.75) is 45.3 Å². The normalized spacial score (nSPS) is 20.1. The zero-order valence-corrected chi connectivity index (χ0v) is 18.4. The van der Waals surface area contributed by atoms with Gasteiger partial charge in [-0.1, -0.05) is 6.07 Å². The van der Waals surface area contributed by atoms with E-state index in [1.165, 1.54) is 24.0 Å². The number of amides is 1. The fraction of sp³-hybridized carbons (Fsp3) is 0.480. The number of hydrogen-bond donors (Lipinski definition) is 1. The van der Waals surface area contributed by atoms with E-state index in [-0.39, 0.29) is 12.0 Å². The Bertz CT molecular complexity index is 870. The quantitative estimate of drug-likeness (QED) is 0.800. The smallest absolute Gasteiger partial charge is 0.255 e. The van der Waals surface area contributed by atoms with Crippen LogP contribution in [0.2, 0.25) is 0 Å². The lowest BCUT2D eigenvalue weighted by Gasteiger charge is -2.40. The number of aryl methyl sites for hydroxylation is 1. The first-order valence-electron chi connectivity index (χ1n) is 11.1. The highest BCUT2D eigenvalue weighted by atomic mass is 16.5. The Balaban J connectivity index is 1.48. The van der Waals surface area contributed by atoms with Crippen LogP contribution in [0, 0.1) is 0 Å². The van der Waals surface area contributed by atoms with E-state index in [9.17, 15) is 4.79 Å². The Morgan fingerprint density at radius 3 is 2.50 bits per heavy atom. The van der Waals surface area contributed by atoms with Crippen molar-refractivity contribution in [2.75, 3.05) is 38.5 Å². The number of hydrogen-bond acceptors (Lipinski definition) is 4. The summed E-state index contributed by atoms with van der Waals surface area (Å²) in [5.74, 6) is 0.698. The summed E-state index contributed by atoms with van der Waals surface area (Å²) < 4.78 is 5.67. The van der Waals surface area contributed by atoms with E-state index in [2.05, 4.69) is 34.3 Å². The van der Waals surface area contributed by atoms with Crippen molar-refractivity contribution in [3.05, 3.63) is 59.2 Å². The maximum atomic E-state index is 12.8. The van der Waals surface area contributed by atoms with E-state index < -0.39 is 0 Å². The summed E-state index contributed by atoms with van der Waals surface area (Å²) >= 11 is 0. The second-order valence-electron chi connectivity index (χ2n) is 8.81. The van der Waals surface area contributed by atoms with Crippen LogP contribution < -0.4 is 10.1 Å². The molecule has 1 saturated heterocycles. The van der Waals surface area contributed by atoms with Crippen LogP contribution >= 0.6 is 0 Å². The van der Waals surface area contributed by atoms with Crippen molar-refractivity contribution in [1.82, 2.24) is 9.80 Å². The highest BCUT2D eigenvalue weighted by molar-refractivity contribution is 6.04. The van der Waals surface area contributed by atoms with E-state index >= 15 is 0 Å². The summed E-state index contributed by atoms with van der Waals surface area (Å²) in [6, 6.07) is 14.2. The zero-order chi connectivity index (χ0) is 21.1. The number of rotatable bonds is 5. The molecule has 0 radical (unpaired) electrons. The van der Waals surface area contributed by atoms with Crippen LogP contribution in [0.4, 0.5) is 5.69 Å². The van der Waals surface area contributed by atoms with Crippen molar-refractivity contribution >= 4 is 11.6 Å². The maximum absolute atomic E-state index is 12.8. The summed E-state index contributed by atoms with van der Waals surface area (Å²) in [6.07, 6.45) is 3.69. The number of ether oxygens (including phenoxy) is 1. The molecule has 1 amide bonds. The number of nitrogens with one attached hydrogen (secondary N) is 1. The minimum atomic E-state index is -0.0852. The lowest BCUT2D eigenvalue weighted by atomic mass is 9.86. The minimum Gasteiger partial charge on any atom is -0.491 e. The number of carbonyl (C=O) groups is 1. The predicted octanol–water partition coefficient (Wildman–Crippen LogP) is 4.35. The number of fused-ring (bicyclic) bond motifs is 1. The van der Waals surface area contributed by atoms with Gasteiger partial charge in [-0.05, 0) is 87.7 Å². The Hall–Kier alpha value is -2.37. The minimum absolute atomic E-state index is 0.0852. The van der Waals surface area contributed by atoms with E-state index in [0.717, 1.165) is 44.0 Å². The molecule has 1 atom stereocenters. The third-order valence-corrected chi connectivity index (χ3v) is 6.15. The molecule has 0 spiro atoms. The van der Waals surface area contributed by atoms with Crippen molar-refractivity contribution in [3.63, 3.8) is 0 Å². The summed E-state index contributed by atoms with van der Waals surface area (Å²) in [7, 11) is 2.20. The predicted molar refractivity (Wildman–Crippen MR) is 121 cm³/mol. The highest BCUT2D eigenvalue weighted by Gasteiger charge is 2.28. The first kappa shape index (κ1) is 20.9.